The summed E-state index contributed by atoms with van der Waals surface area (Å²) in [7, 11) is -3.13. The van der Waals surface area contributed by atoms with Gasteiger partial charge in [0.1, 0.15) is 5.82 Å². The minimum Gasteiger partial charge on any atom is -0.331 e. The summed E-state index contributed by atoms with van der Waals surface area (Å²) in [5.41, 5.74) is 1.52. The summed E-state index contributed by atoms with van der Waals surface area (Å²) >= 11 is 0. The van der Waals surface area contributed by atoms with Crippen molar-refractivity contribution in [3.8, 4) is 0 Å². The lowest BCUT2D eigenvalue weighted by atomic mass is 10.1. The van der Waals surface area contributed by atoms with Crippen LogP contribution in [-0.4, -0.2) is 36.8 Å². The van der Waals surface area contributed by atoms with E-state index in [1.165, 1.54) is 23.1 Å². The summed E-state index contributed by atoms with van der Waals surface area (Å²) in [6, 6.07) is 15.0. The molecule has 1 heterocycles. The zero-order valence-electron chi connectivity index (χ0n) is 14.2. The highest BCUT2D eigenvalue weighted by Crippen LogP contribution is 2.21. The number of carbonyl (C=O) groups is 1. The van der Waals surface area contributed by atoms with E-state index in [4.69, 9.17) is 0 Å². The topological polar surface area (TPSA) is 54.5 Å². The predicted octanol–water partition coefficient (Wildman–Crippen LogP) is 3.05. The summed E-state index contributed by atoms with van der Waals surface area (Å²) in [5, 5.41) is 0. The van der Waals surface area contributed by atoms with Gasteiger partial charge in [-0.05, 0) is 35.8 Å². The van der Waals surface area contributed by atoms with Crippen molar-refractivity contribution in [2.75, 3.05) is 11.5 Å². The maximum absolute atomic E-state index is 13.5. The third-order valence-corrected chi connectivity index (χ3v) is 6.14. The molecular weight excluding hydrogens is 353 g/mol. The van der Waals surface area contributed by atoms with Crippen LogP contribution < -0.4 is 0 Å². The van der Waals surface area contributed by atoms with E-state index in [-0.39, 0.29) is 29.8 Å². The number of carbonyl (C=O) groups excluding carboxylic acids is 1. The van der Waals surface area contributed by atoms with Gasteiger partial charge in [-0.15, -0.1) is 0 Å². The van der Waals surface area contributed by atoms with Gasteiger partial charge in [-0.1, -0.05) is 42.5 Å². The summed E-state index contributed by atoms with van der Waals surface area (Å²) in [5.74, 6) is -0.630. The molecule has 1 fully saturated rings. The minimum absolute atomic E-state index is 0.0484. The van der Waals surface area contributed by atoms with Gasteiger partial charge in [0.15, 0.2) is 9.84 Å². The minimum atomic E-state index is -3.13. The van der Waals surface area contributed by atoms with Crippen LogP contribution in [-0.2, 0) is 21.2 Å². The van der Waals surface area contributed by atoms with Crippen molar-refractivity contribution in [1.29, 1.82) is 0 Å². The molecule has 2 aromatic rings. The number of hydrogen-bond donors (Lipinski definition) is 0. The highest BCUT2D eigenvalue weighted by molar-refractivity contribution is 7.91. The lowest BCUT2D eigenvalue weighted by Gasteiger charge is -2.27. The van der Waals surface area contributed by atoms with Crippen molar-refractivity contribution in [3.63, 3.8) is 0 Å². The van der Waals surface area contributed by atoms with Gasteiger partial charge < -0.3 is 4.90 Å². The number of amides is 1. The van der Waals surface area contributed by atoms with Crippen LogP contribution in [0.5, 0.6) is 0 Å². The fraction of sp³-hybridized carbons (Fsp3) is 0.250. The van der Waals surface area contributed by atoms with Crippen LogP contribution in [0.25, 0.3) is 6.08 Å². The Balaban J connectivity index is 1.82. The molecule has 0 aromatic heterocycles. The van der Waals surface area contributed by atoms with Crippen LogP contribution >= 0.6 is 0 Å². The van der Waals surface area contributed by atoms with E-state index in [9.17, 15) is 17.6 Å². The molecule has 1 amide bonds. The standard InChI is InChI=1S/C20H20FNO3S/c21-18-8-4-7-17(13-18)14-22(19-11-12-26(24,25)15-19)20(23)10-9-16-5-2-1-3-6-16/h1-10,13,19H,11-12,14-15H2/b10-9+. The second-order valence-corrected chi connectivity index (χ2v) is 8.63. The second kappa shape index (κ2) is 7.83. The zero-order valence-corrected chi connectivity index (χ0v) is 15.0. The number of nitrogens with zero attached hydrogens (tertiary/aromatic N) is 1. The largest absolute Gasteiger partial charge is 0.331 e. The van der Waals surface area contributed by atoms with E-state index in [0.29, 0.717) is 12.0 Å². The fourth-order valence-corrected chi connectivity index (χ4v) is 4.80. The molecule has 0 spiro atoms. The summed E-state index contributed by atoms with van der Waals surface area (Å²) in [6.07, 6.45) is 3.55. The Morgan fingerprint density at radius 1 is 1.15 bits per heavy atom. The predicted molar refractivity (Wildman–Crippen MR) is 99.5 cm³/mol. The van der Waals surface area contributed by atoms with E-state index in [0.717, 1.165) is 5.56 Å². The van der Waals surface area contributed by atoms with Crippen molar-refractivity contribution < 1.29 is 17.6 Å². The van der Waals surface area contributed by atoms with Crippen LogP contribution in [0.2, 0.25) is 0 Å². The maximum atomic E-state index is 13.5. The van der Waals surface area contributed by atoms with Crippen LogP contribution in [0.1, 0.15) is 17.5 Å². The van der Waals surface area contributed by atoms with Crippen molar-refractivity contribution in [2.24, 2.45) is 0 Å². The normalized spacial score (nSPS) is 18.9. The molecule has 0 saturated carbocycles. The highest BCUT2D eigenvalue weighted by Gasteiger charge is 2.34. The summed E-state index contributed by atoms with van der Waals surface area (Å²) < 4.78 is 37.2. The van der Waals surface area contributed by atoms with Crippen molar-refractivity contribution in [3.05, 3.63) is 77.6 Å². The Labute approximate surface area is 152 Å². The molecule has 0 N–H and O–H groups in total. The first-order valence-electron chi connectivity index (χ1n) is 8.41. The summed E-state index contributed by atoms with van der Waals surface area (Å²) in [4.78, 5) is 14.3. The molecule has 1 unspecified atom stereocenters. The van der Waals surface area contributed by atoms with Crippen molar-refractivity contribution >= 4 is 21.8 Å². The molecule has 1 aliphatic rings. The molecule has 1 saturated heterocycles. The monoisotopic (exact) mass is 373 g/mol. The Kier molecular flexibility index (Phi) is 5.52. The Hall–Kier alpha value is -2.47. The smallest absolute Gasteiger partial charge is 0.247 e. The molecule has 136 valence electrons. The van der Waals surface area contributed by atoms with Gasteiger partial charge in [0.05, 0.1) is 11.5 Å². The Morgan fingerprint density at radius 3 is 2.58 bits per heavy atom. The van der Waals surface area contributed by atoms with E-state index in [2.05, 4.69) is 0 Å². The molecule has 1 aliphatic heterocycles. The van der Waals surface area contributed by atoms with Gasteiger partial charge in [-0.25, -0.2) is 12.8 Å². The molecule has 0 aliphatic carbocycles. The first-order valence-corrected chi connectivity index (χ1v) is 10.2. The molecule has 6 heteroatoms. The van der Waals surface area contributed by atoms with E-state index < -0.39 is 15.9 Å². The van der Waals surface area contributed by atoms with Gasteiger partial charge in [-0.3, -0.25) is 4.79 Å². The van der Waals surface area contributed by atoms with Crippen LogP contribution in [0.15, 0.2) is 60.7 Å². The Bertz CT molecular complexity index is 910. The Morgan fingerprint density at radius 2 is 1.92 bits per heavy atom. The van der Waals surface area contributed by atoms with Gasteiger partial charge >= 0.3 is 0 Å². The quantitative estimate of drug-likeness (QED) is 0.757. The lowest BCUT2D eigenvalue weighted by molar-refractivity contribution is -0.128. The summed E-state index contributed by atoms with van der Waals surface area (Å²) in [6.45, 7) is 0.176. The molecule has 1 atom stereocenters. The van der Waals surface area contributed by atoms with Gasteiger partial charge in [0, 0.05) is 18.7 Å². The zero-order chi connectivity index (χ0) is 18.6. The molecule has 4 nitrogen and oxygen atoms in total. The number of rotatable bonds is 5. The lowest BCUT2D eigenvalue weighted by Crippen LogP contribution is -2.39. The van der Waals surface area contributed by atoms with E-state index in [1.807, 2.05) is 30.3 Å². The average molecular weight is 373 g/mol. The molecule has 2 aromatic carbocycles. The molecule has 26 heavy (non-hydrogen) atoms. The van der Waals surface area contributed by atoms with Crippen molar-refractivity contribution in [1.82, 2.24) is 4.90 Å². The number of benzene rings is 2. The molecule has 3 rings (SSSR count). The highest BCUT2D eigenvalue weighted by atomic mass is 32.2. The first kappa shape index (κ1) is 18.3. The second-order valence-electron chi connectivity index (χ2n) is 6.40. The maximum Gasteiger partial charge on any atom is 0.247 e. The number of halogens is 1. The number of hydrogen-bond acceptors (Lipinski definition) is 3. The number of sulfone groups is 1. The van der Waals surface area contributed by atoms with Crippen LogP contribution in [0.4, 0.5) is 4.39 Å². The first-order chi connectivity index (χ1) is 12.4. The molecule has 0 bridgehead atoms. The molecule has 0 radical (unpaired) electrons. The van der Waals surface area contributed by atoms with Crippen LogP contribution in [0.3, 0.4) is 0 Å². The molecular formula is C20H20FNO3S. The fourth-order valence-electron chi connectivity index (χ4n) is 3.07. The third-order valence-electron chi connectivity index (χ3n) is 4.39. The van der Waals surface area contributed by atoms with Gasteiger partial charge in [0.2, 0.25) is 5.91 Å². The van der Waals surface area contributed by atoms with Gasteiger partial charge in [-0.2, -0.15) is 0 Å². The van der Waals surface area contributed by atoms with Crippen molar-refractivity contribution in [2.45, 2.75) is 19.0 Å². The van der Waals surface area contributed by atoms with Crippen LogP contribution in [0, 0.1) is 5.82 Å². The van der Waals surface area contributed by atoms with Gasteiger partial charge in [0.25, 0.3) is 0 Å². The van der Waals surface area contributed by atoms with E-state index in [1.54, 1.807) is 18.2 Å². The average Bonchev–Trinajstić information content (AvgIpc) is 2.98. The SMILES string of the molecule is O=C(/C=C/c1ccccc1)N(Cc1cccc(F)c1)C1CCS(=O)(=O)C1. The van der Waals surface area contributed by atoms with E-state index >= 15 is 0 Å². The third kappa shape index (κ3) is 4.79.